The van der Waals surface area contributed by atoms with Crippen molar-refractivity contribution < 1.29 is 35.1 Å². The van der Waals surface area contributed by atoms with Crippen molar-refractivity contribution in [1.29, 1.82) is 0 Å². The molecule has 0 unspecified atom stereocenters. The summed E-state index contributed by atoms with van der Waals surface area (Å²) in [5.74, 6) is -0.483. The molecule has 0 saturated carbocycles. The molecule has 6 atom stereocenters. The Morgan fingerprint density at radius 3 is 2.43 bits per heavy atom. The quantitative estimate of drug-likeness (QED) is 0.293. The summed E-state index contributed by atoms with van der Waals surface area (Å²) in [6.45, 7) is 1.21. The van der Waals surface area contributed by atoms with E-state index in [1.807, 2.05) is 0 Å². The van der Waals surface area contributed by atoms with Gasteiger partial charge < -0.3 is 35.6 Å². The second-order valence-corrected chi connectivity index (χ2v) is 4.97. The van der Waals surface area contributed by atoms with Crippen LogP contribution in [0.1, 0.15) is 13.3 Å². The van der Waals surface area contributed by atoms with Crippen LogP contribution in [0.15, 0.2) is 12.2 Å². The molecule has 1 aliphatic rings. The molecule has 1 aliphatic heterocycles. The first-order valence-electron chi connectivity index (χ1n) is 6.78. The molecule has 0 bridgehead atoms. The normalized spacial score (nSPS) is 34.9. The van der Waals surface area contributed by atoms with E-state index in [1.165, 1.54) is 6.08 Å². The van der Waals surface area contributed by atoms with Crippen LogP contribution in [0.25, 0.3) is 0 Å². The molecule has 1 rings (SSSR count). The monoisotopic (exact) mass is 305 g/mol. The van der Waals surface area contributed by atoms with Crippen molar-refractivity contribution in [2.75, 3.05) is 13.2 Å². The molecule has 1 saturated heterocycles. The summed E-state index contributed by atoms with van der Waals surface area (Å²) in [4.78, 5) is 11.7. The molecule has 0 aromatic rings. The summed E-state index contributed by atoms with van der Waals surface area (Å²) < 4.78 is 5.21. The number of aliphatic hydroxyl groups is 5. The van der Waals surface area contributed by atoms with Gasteiger partial charge >= 0.3 is 0 Å². The SMILES string of the molecule is C/C=C/[C@H](O)CNC(=O)C[C@@H]1O[C@H](CO)[C@@H](O)[C@H](O)[C@H]1O. The van der Waals surface area contributed by atoms with Gasteiger partial charge in [-0.25, -0.2) is 0 Å². The maximum absolute atomic E-state index is 11.7. The van der Waals surface area contributed by atoms with Gasteiger partial charge in [-0.1, -0.05) is 12.2 Å². The number of ether oxygens (including phenoxy) is 1. The van der Waals surface area contributed by atoms with Gasteiger partial charge in [-0.05, 0) is 6.92 Å². The maximum atomic E-state index is 11.7. The van der Waals surface area contributed by atoms with E-state index in [0.717, 1.165) is 0 Å². The van der Waals surface area contributed by atoms with Crippen molar-refractivity contribution in [1.82, 2.24) is 5.32 Å². The van der Waals surface area contributed by atoms with Crippen LogP contribution in [0.5, 0.6) is 0 Å². The number of rotatable bonds is 6. The Hall–Kier alpha value is -1.03. The predicted octanol–water partition coefficient (Wildman–Crippen LogP) is -2.73. The number of carbonyl (C=O) groups excluding carboxylic acids is 1. The van der Waals surface area contributed by atoms with Crippen LogP contribution in [-0.2, 0) is 9.53 Å². The lowest BCUT2D eigenvalue weighted by Crippen LogP contribution is -2.59. The molecule has 21 heavy (non-hydrogen) atoms. The third-order valence-corrected chi connectivity index (χ3v) is 3.30. The zero-order chi connectivity index (χ0) is 16.0. The summed E-state index contributed by atoms with van der Waals surface area (Å²) in [7, 11) is 0. The molecular formula is C13H23NO7. The molecule has 8 heteroatoms. The van der Waals surface area contributed by atoms with Crippen LogP contribution in [-0.4, -0.2) is 81.2 Å². The molecule has 0 aromatic carbocycles. The van der Waals surface area contributed by atoms with Gasteiger partial charge in [-0.15, -0.1) is 0 Å². The molecule has 0 aliphatic carbocycles. The number of hydrogen-bond acceptors (Lipinski definition) is 7. The number of allylic oxidation sites excluding steroid dienone is 1. The number of carbonyl (C=O) groups is 1. The van der Waals surface area contributed by atoms with Crippen molar-refractivity contribution >= 4 is 5.91 Å². The fourth-order valence-corrected chi connectivity index (χ4v) is 2.11. The molecule has 1 amide bonds. The highest BCUT2D eigenvalue weighted by molar-refractivity contribution is 5.76. The highest BCUT2D eigenvalue weighted by Crippen LogP contribution is 2.23. The van der Waals surface area contributed by atoms with Gasteiger partial charge in [-0.3, -0.25) is 4.79 Å². The smallest absolute Gasteiger partial charge is 0.222 e. The molecule has 6 N–H and O–H groups in total. The predicted molar refractivity (Wildman–Crippen MR) is 72.2 cm³/mol. The lowest BCUT2D eigenvalue weighted by Gasteiger charge is -2.39. The lowest BCUT2D eigenvalue weighted by molar-refractivity contribution is -0.229. The minimum absolute atomic E-state index is 0.0145. The topological polar surface area (TPSA) is 139 Å². The van der Waals surface area contributed by atoms with Crippen LogP contribution in [0.3, 0.4) is 0 Å². The second-order valence-electron chi connectivity index (χ2n) is 4.97. The van der Waals surface area contributed by atoms with E-state index in [1.54, 1.807) is 13.0 Å². The van der Waals surface area contributed by atoms with E-state index >= 15 is 0 Å². The van der Waals surface area contributed by atoms with Gasteiger partial charge in [0.15, 0.2) is 0 Å². The van der Waals surface area contributed by atoms with Crippen LogP contribution < -0.4 is 5.32 Å². The fourth-order valence-electron chi connectivity index (χ4n) is 2.11. The molecule has 122 valence electrons. The highest BCUT2D eigenvalue weighted by atomic mass is 16.5. The van der Waals surface area contributed by atoms with Crippen LogP contribution in [0.2, 0.25) is 0 Å². The average Bonchev–Trinajstić information content (AvgIpc) is 2.46. The van der Waals surface area contributed by atoms with Crippen molar-refractivity contribution in [3.63, 3.8) is 0 Å². The Balaban J connectivity index is 2.50. The third kappa shape index (κ3) is 5.03. The minimum atomic E-state index is -1.50. The average molecular weight is 305 g/mol. The summed E-state index contributed by atoms with van der Waals surface area (Å²) in [5, 5.41) is 49.9. The van der Waals surface area contributed by atoms with Gasteiger partial charge in [0.1, 0.15) is 24.4 Å². The van der Waals surface area contributed by atoms with Gasteiger partial charge in [0.2, 0.25) is 5.91 Å². The number of aliphatic hydroxyl groups excluding tert-OH is 5. The fraction of sp³-hybridized carbons (Fsp3) is 0.769. The number of hydrogen-bond donors (Lipinski definition) is 6. The Morgan fingerprint density at radius 1 is 1.24 bits per heavy atom. The first-order chi connectivity index (χ1) is 9.90. The Bertz CT molecular complexity index is 360. The molecule has 8 nitrogen and oxygen atoms in total. The van der Waals surface area contributed by atoms with E-state index in [4.69, 9.17) is 9.84 Å². The van der Waals surface area contributed by atoms with E-state index in [0.29, 0.717) is 0 Å². The first kappa shape index (κ1) is 18.0. The Kier molecular flexibility index (Phi) is 7.23. The second kappa shape index (κ2) is 8.42. The molecule has 1 fully saturated rings. The van der Waals surface area contributed by atoms with E-state index in [9.17, 15) is 25.2 Å². The van der Waals surface area contributed by atoms with Crippen molar-refractivity contribution in [3.8, 4) is 0 Å². The molecular weight excluding hydrogens is 282 g/mol. The third-order valence-electron chi connectivity index (χ3n) is 3.30. The van der Waals surface area contributed by atoms with Crippen molar-refractivity contribution in [2.24, 2.45) is 0 Å². The van der Waals surface area contributed by atoms with E-state index in [-0.39, 0.29) is 13.0 Å². The first-order valence-corrected chi connectivity index (χ1v) is 6.78. The Labute approximate surface area is 122 Å². The summed E-state index contributed by atoms with van der Waals surface area (Å²) in [6.07, 6.45) is -4.37. The van der Waals surface area contributed by atoms with Gasteiger partial charge in [0.25, 0.3) is 0 Å². The Morgan fingerprint density at radius 2 is 1.86 bits per heavy atom. The highest BCUT2D eigenvalue weighted by Gasteiger charge is 2.43. The molecule has 0 spiro atoms. The van der Waals surface area contributed by atoms with Crippen LogP contribution in [0, 0.1) is 0 Å². The number of nitrogens with one attached hydrogen (secondary N) is 1. The van der Waals surface area contributed by atoms with Crippen LogP contribution >= 0.6 is 0 Å². The summed E-state index contributed by atoms with van der Waals surface area (Å²) in [5.41, 5.74) is 0. The van der Waals surface area contributed by atoms with Crippen LogP contribution in [0.4, 0.5) is 0 Å². The molecule has 0 radical (unpaired) electrons. The summed E-state index contributed by atoms with van der Waals surface area (Å²) in [6, 6.07) is 0. The lowest BCUT2D eigenvalue weighted by atomic mass is 9.93. The van der Waals surface area contributed by atoms with E-state index in [2.05, 4.69) is 5.32 Å². The van der Waals surface area contributed by atoms with Crippen molar-refractivity contribution in [2.45, 2.75) is 50.0 Å². The zero-order valence-electron chi connectivity index (χ0n) is 11.8. The maximum Gasteiger partial charge on any atom is 0.222 e. The minimum Gasteiger partial charge on any atom is -0.394 e. The summed E-state index contributed by atoms with van der Waals surface area (Å²) >= 11 is 0. The largest absolute Gasteiger partial charge is 0.394 e. The van der Waals surface area contributed by atoms with Gasteiger partial charge in [0.05, 0.1) is 25.2 Å². The number of amides is 1. The van der Waals surface area contributed by atoms with Gasteiger partial charge in [0, 0.05) is 6.54 Å². The standard InChI is InChI=1S/C13H23NO7/c1-2-3-7(16)5-14-10(17)4-8-11(18)13(20)12(19)9(6-15)21-8/h2-3,7-9,11-13,15-16,18-20H,4-6H2,1H3,(H,14,17)/b3-2+/t7-,8-,9+,11-,12+,13+/m0/s1. The molecule has 1 heterocycles. The zero-order valence-corrected chi connectivity index (χ0v) is 11.8. The molecule has 0 aromatic heterocycles. The van der Waals surface area contributed by atoms with Gasteiger partial charge in [-0.2, -0.15) is 0 Å². The van der Waals surface area contributed by atoms with Crippen molar-refractivity contribution in [3.05, 3.63) is 12.2 Å². The van der Waals surface area contributed by atoms with E-state index < -0.39 is 49.1 Å².